The summed E-state index contributed by atoms with van der Waals surface area (Å²) < 4.78 is 5.56. The zero-order chi connectivity index (χ0) is 27.3. The second-order valence-corrected chi connectivity index (χ2v) is 11.1. The number of aliphatic hydroxyl groups is 2. The van der Waals surface area contributed by atoms with E-state index in [1.165, 1.54) is 6.42 Å². The maximum Gasteiger partial charge on any atom is 0.161 e. The van der Waals surface area contributed by atoms with E-state index in [2.05, 4.69) is 6.92 Å². The van der Waals surface area contributed by atoms with Crippen LogP contribution >= 0.6 is 0 Å². The van der Waals surface area contributed by atoms with Crippen molar-refractivity contribution in [3.8, 4) is 28.4 Å². The molecule has 1 saturated carbocycles. The molecule has 0 radical (unpaired) electrons. The highest BCUT2D eigenvalue weighted by Crippen LogP contribution is 2.47. The van der Waals surface area contributed by atoms with Crippen molar-refractivity contribution >= 4 is 0 Å². The van der Waals surface area contributed by atoms with Crippen molar-refractivity contribution in [3.63, 3.8) is 0 Å². The van der Waals surface area contributed by atoms with Crippen LogP contribution < -0.4 is 4.74 Å². The Labute approximate surface area is 226 Å². The molecule has 0 aromatic heterocycles. The molecule has 0 spiro atoms. The minimum atomic E-state index is -0.697. The summed E-state index contributed by atoms with van der Waals surface area (Å²) in [5.74, 6) is 0.581. The maximum atomic E-state index is 11.4. The number of aryl methyl sites for hydroxylation is 2. The predicted octanol–water partition coefficient (Wildman–Crippen LogP) is 6.76. The van der Waals surface area contributed by atoms with Crippen LogP contribution in [-0.2, 0) is 11.8 Å². The standard InChI is InChI=1S/C33H42O5/c1-22-18-23(19-27(31(22)36)24-10-6-4-7-11-24)12-13-29(35)26(14-17-34)25-20-28(32(37)30(21-25)38-3)33(2)15-8-5-9-16-33/h4,6-7,10-11,18-21,26,29,34-37H,5,8-9,12-17H2,1-3H3. The van der Waals surface area contributed by atoms with Crippen LogP contribution in [-0.4, -0.2) is 40.2 Å². The third kappa shape index (κ3) is 6.00. The molecule has 38 heavy (non-hydrogen) atoms. The lowest BCUT2D eigenvalue weighted by molar-refractivity contribution is 0.117. The molecular formula is C33H42O5. The number of hydrogen-bond acceptors (Lipinski definition) is 5. The first-order valence-electron chi connectivity index (χ1n) is 13.9. The molecular weight excluding hydrogens is 476 g/mol. The van der Waals surface area contributed by atoms with Crippen molar-refractivity contribution < 1.29 is 25.2 Å². The van der Waals surface area contributed by atoms with Gasteiger partial charge in [0.15, 0.2) is 11.5 Å². The number of methoxy groups -OCH3 is 1. The summed E-state index contributed by atoms with van der Waals surface area (Å²) in [6, 6.07) is 17.6. The zero-order valence-corrected chi connectivity index (χ0v) is 22.9. The lowest BCUT2D eigenvalue weighted by Gasteiger charge is -2.36. The molecule has 5 nitrogen and oxygen atoms in total. The number of ether oxygens (including phenoxy) is 1. The van der Waals surface area contributed by atoms with E-state index < -0.39 is 6.10 Å². The quantitative estimate of drug-likeness (QED) is 0.238. The molecule has 0 bridgehead atoms. The summed E-state index contributed by atoms with van der Waals surface area (Å²) in [6.07, 6.45) is 6.32. The number of aliphatic hydroxyl groups excluding tert-OH is 2. The van der Waals surface area contributed by atoms with Gasteiger partial charge in [-0.05, 0) is 78.8 Å². The second-order valence-electron chi connectivity index (χ2n) is 11.1. The third-order valence-corrected chi connectivity index (χ3v) is 8.43. The van der Waals surface area contributed by atoms with Crippen molar-refractivity contribution in [2.45, 2.75) is 82.7 Å². The van der Waals surface area contributed by atoms with Crippen molar-refractivity contribution in [1.82, 2.24) is 0 Å². The Kier molecular flexibility index (Phi) is 9.01. The zero-order valence-electron chi connectivity index (χ0n) is 22.9. The number of rotatable bonds is 10. The summed E-state index contributed by atoms with van der Waals surface area (Å²) in [5.41, 5.74) is 5.20. The van der Waals surface area contributed by atoms with Gasteiger partial charge in [-0.2, -0.15) is 0 Å². The molecule has 3 aromatic rings. The van der Waals surface area contributed by atoms with Gasteiger partial charge < -0.3 is 25.2 Å². The van der Waals surface area contributed by atoms with E-state index in [1.54, 1.807) is 7.11 Å². The Balaban J connectivity index is 1.60. The molecule has 1 aliphatic carbocycles. The van der Waals surface area contributed by atoms with Gasteiger partial charge in [-0.25, -0.2) is 0 Å². The highest BCUT2D eigenvalue weighted by molar-refractivity contribution is 5.72. The summed E-state index contributed by atoms with van der Waals surface area (Å²) >= 11 is 0. The van der Waals surface area contributed by atoms with Crippen molar-refractivity contribution in [2.75, 3.05) is 13.7 Å². The van der Waals surface area contributed by atoms with Gasteiger partial charge in [-0.15, -0.1) is 0 Å². The van der Waals surface area contributed by atoms with Gasteiger partial charge in [0.1, 0.15) is 5.75 Å². The van der Waals surface area contributed by atoms with E-state index in [1.807, 2.05) is 61.5 Å². The molecule has 2 unspecified atom stereocenters. The van der Waals surface area contributed by atoms with Gasteiger partial charge in [0.25, 0.3) is 0 Å². The summed E-state index contributed by atoms with van der Waals surface area (Å²) in [4.78, 5) is 0. The van der Waals surface area contributed by atoms with Gasteiger partial charge in [0, 0.05) is 23.7 Å². The Morgan fingerprint density at radius 3 is 2.29 bits per heavy atom. The minimum Gasteiger partial charge on any atom is -0.507 e. The number of hydrogen-bond donors (Lipinski definition) is 4. The fourth-order valence-corrected chi connectivity index (χ4v) is 6.13. The van der Waals surface area contributed by atoms with E-state index in [-0.39, 0.29) is 29.4 Å². The average molecular weight is 519 g/mol. The van der Waals surface area contributed by atoms with Gasteiger partial charge in [0.2, 0.25) is 0 Å². The van der Waals surface area contributed by atoms with Crippen LogP contribution in [0.1, 0.15) is 80.0 Å². The highest BCUT2D eigenvalue weighted by atomic mass is 16.5. The molecule has 1 aliphatic rings. The van der Waals surface area contributed by atoms with Crippen molar-refractivity contribution in [1.29, 1.82) is 0 Å². The van der Waals surface area contributed by atoms with Gasteiger partial charge in [-0.3, -0.25) is 0 Å². The van der Waals surface area contributed by atoms with E-state index in [0.29, 0.717) is 25.0 Å². The van der Waals surface area contributed by atoms with E-state index in [4.69, 9.17) is 4.74 Å². The first kappa shape index (κ1) is 28.0. The van der Waals surface area contributed by atoms with Crippen molar-refractivity contribution in [2.24, 2.45) is 0 Å². The van der Waals surface area contributed by atoms with Gasteiger partial charge >= 0.3 is 0 Å². The molecule has 204 valence electrons. The molecule has 0 amide bonds. The molecule has 0 saturated heterocycles. The van der Waals surface area contributed by atoms with Crippen molar-refractivity contribution in [3.05, 3.63) is 76.9 Å². The molecule has 1 fully saturated rings. The number of benzene rings is 3. The average Bonchev–Trinajstić information content (AvgIpc) is 2.93. The van der Waals surface area contributed by atoms with Crippen LogP contribution in [0.5, 0.6) is 17.2 Å². The Hall–Kier alpha value is -3.02. The first-order chi connectivity index (χ1) is 18.3. The molecule has 4 rings (SSSR count). The second kappa shape index (κ2) is 12.2. The molecule has 0 heterocycles. The predicted molar refractivity (Wildman–Crippen MR) is 152 cm³/mol. The topological polar surface area (TPSA) is 90.2 Å². The van der Waals surface area contributed by atoms with Gasteiger partial charge in [0.05, 0.1) is 13.2 Å². The lowest BCUT2D eigenvalue weighted by atomic mass is 9.69. The lowest BCUT2D eigenvalue weighted by Crippen LogP contribution is -2.26. The summed E-state index contributed by atoms with van der Waals surface area (Å²) in [5, 5.41) is 43.0. The fraction of sp³-hybridized carbons (Fsp3) is 0.455. The van der Waals surface area contributed by atoms with E-state index in [0.717, 1.165) is 59.1 Å². The van der Waals surface area contributed by atoms with Crippen LogP contribution in [0.4, 0.5) is 0 Å². The number of phenolic OH excluding ortho intramolecular Hbond substituents is 2. The van der Waals surface area contributed by atoms with Crippen LogP contribution in [0.2, 0.25) is 0 Å². The van der Waals surface area contributed by atoms with E-state index in [9.17, 15) is 20.4 Å². The van der Waals surface area contributed by atoms with Crippen LogP contribution in [0.15, 0.2) is 54.6 Å². The van der Waals surface area contributed by atoms with Gasteiger partial charge in [-0.1, -0.05) is 68.7 Å². The normalized spacial score (nSPS) is 16.7. The van der Waals surface area contributed by atoms with Crippen LogP contribution in [0, 0.1) is 6.92 Å². The SMILES string of the molecule is COc1cc(C(CCO)C(O)CCc2cc(C)c(O)c(-c3ccccc3)c2)cc(C2(C)CCCCC2)c1O. The monoisotopic (exact) mass is 518 g/mol. The largest absolute Gasteiger partial charge is 0.507 e. The number of aromatic hydroxyl groups is 2. The fourth-order valence-electron chi connectivity index (χ4n) is 6.13. The Morgan fingerprint density at radius 1 is 0.921 bits per heavy atom. The van der Waals surface area contributed by atoms with E-state index >= 15 is 0 Å². The Morgan fingerprint density at radius 2 is 1.63 bits per heavy atom. The van der Waals surface area contributed by atoms with Crippen LogP contribution in [0.25, 0.3) is 11.1 Å². The summed E-state index contributed by atoms with van der Waals surface area (Å²) in [6.45, 7) is 4.06. The highest BCUT2D eigenvalue weighted by Gasteiger charge is 2.34. The molecule has 0 aliphatic heterocycles. The maximum absolute atomic E-state index is 11.4. The smallest absolute Gasteiger partial charge is 0.161 e. The molecule has 4 N–H and O–H groups in total. The minimum absolute atomic E-state index is 0.0476. The third-order valence-electron chi connectivity index (χ3n) is 8.43. The molecule has 5 heteroatoms. The first-order valence-corrected chi connectivity index (χ1v) is 13.9. The molecule has 3 aromatic carbocycles. The van der Waals surface area contributed by atoms with Crippen LogP contribution in [0.3, 0.4) is 0 Å². The number of phenols is 2. The Bertz CT molecular complexity index is 1210. The molecule has 2 atom stereocenters. The summed E-state index contributed by atoms with van der Waals surface area (Å²) in [7, 11) is 1.56.